The zero-order valence-electron chi connectivity index (χ0n) is 8.77. The van der Waals surface area contributed by atoms with Gasteiger partial charge in [-0.25, -0.2) is 0 Å². The first-order chi connectivity index (χ1) is 5.99. The molecular weight excluding hydrogens is 279 g/mol. The Morgan fingerprint density at radius 2 is 1.93 bits per heavy atom. The van der Waals surface area contributed by atoms with Gasteiger partial charge in [0.2, 0.25) is 0 Å². The van der Waals surface area contributed by atoms with Crippen molar-refractivity contribution in [3.8, 4) is 0 Å². The minimum atomic E-state index is -3.86. The first-order valence-electron chi connectivity index (χ1n) is 3.67. The topological polar surface area (TPSA) is 54.4 Å². The van der Waals surface area contributed by atoms with E-state index in [0.717, 1.165) is 10.0 Å². The van der Waals surface area contributed by atoms with Gasteiger partial charge in [-0.3, -0.25) is 4.55 Å². The second-order valence-electron chi connectivity index (χ2n) is 2.63. The summed E-state index contributed by atoms with van der Waals surface area (Å²) in [7, 11) is -3.86. The Kier molecular flexibility index (Phi) is 6.52. The van der Waals surface area contributed by atoms with Gasteiger partial charge >= 0.3 is 29.6 Å². The SMILES string of the molecule is O=S(=O)(O)CCc1ccccc1Br.[H-].[Na+]. The number of aryl methyl sites for hydroxylation is 1. The van der Waals surface area contributed by atoms with E-state index >= 15 is 0 Å². The van der Waals surface area contributed by atoms with Gasteiger partial charge in [-0.05, 0) is 18.1 Å². The summed E-state index contributed by atoms with van der Waals surface area (Å²) in [6.07, 6.45) is 0.320. The minimum absolute atomic E-state index is 0. The Bertz CT molecular complexity index is 397. The Balaban J connectivity index is 0. The minimum Gasteiger partial charge on any atom is -1.00 e. The number of hydrogen-bond acceptors (Lipinski definition) is 2. The fourth-order valence-corrected chi connectivity index (χ4v) is 1.90. The molecule has 0 fully saturated rings. The van der Waals surface area contributed by atoms with Crippen LogP contribution in [-0.2, 0) is 16.5 Å². The fourth-order valence-electron chi connectivity index (χ4n) is 0.940. The quantitative estimate of drug-likeness (QED) is 0.573. The third-order valence-corrected chi connectivity index (χ3v) is 3.08. The molecule has 0 aromatic heterocycles. The monoisotopic (exact) mass is 288 g/mol. The van der Waals surface area contributed by atoms with Crippen molar-refractivity contribution in [2.24, 2.45) is 0 Å². The van der Waals surface area contributed by atoms with E-state index in [2.05, 4.69) is 15.9 Å². The largest absolute Gasteiger partial charge is 1.00 e. The summed E-state index contributed by atoms with van der Waals surface area (Å²) < 4.78 is 30.3. The smallest absolute Gasteiger partial charge is 1.00 e. The number of hydrogen-bond donors (Lipinski definition) is 1. The standard InChI is InChI=1S/C8H9BrO3S.Na.H/c9-8-4-2-1-3-7(8)5-6-13(10,11)12;;/h1-4H,5-6H2,(H,10,11,12);;/q;+1;-1. The van der Waals surface area contributed by atoms with Crippen LogP contribution in [-0.4, -0.2) is 18.7 Å². The van der Waals surface area contributed by atoms with Crippen molar-refractivity contribution in [1.29, 1.82) is 0 Å². The van der Waals surface area contributed by atoms with Gasteiger partial charge in [-0.2, -0.15) is 8.42 Å². The molecule has 1 rings (SSSR count). The van der Waals surface area contributed by atoms with Crippen LogP contribution < -0.4 is 29.6 Å². The van der Waals surface area contributed by atoms with E-state index < -0.39 is 10.1 Å². The Morgan fingerprint density at radius 3 is 2.43 bits per heavy atom. The van der Waals surface area contributed by atoms with Crippen LogP contribution in [0.3, 0.4) is 0 Å². The molecule has 0 heterocycles. The molecule has 0 unspecified atom stereocenters. The molecule has 0 radical (unpaired) electrons. The average Bonchev–Trinajstić information content (AvgIpc) is 2.01. The molecule has 0 bridgehead atoms. The van der Waals surface area contributed by atoms with E-state index in [0.29, 0.717) is 6.42 Å². The van der Waals surface area contributed by atoms with Gasteiger partial charge in [0.25, 0.3) is 10.1 Å². The summed E-state index contributed by atoms with van der Waals surface area (Å²) in [6, 6.07) is 7.32. The summed E-state index contributed by atoms with van der Waals surface area (Å²) >= 11 is 3.29. The van der Waals surface area contributed by atoms with Crippen LogP contribution in [0.1, 0.15) is 6.99 Å². The van der Waals surface area contributed by atoms with Gasteiger partial charge in [0.1, 0.15) is 0 Å². The van der Waals surface area contributed by atoms with E-state index in [9.17, 15) is 8.42 Å². The van der Waals surface area contributed by atoms with Crippen molar-refractivity contribution < 1.29 is 44.0 Å². The van der Waals surface area contributed by atoms with Crippen molar-refractivity contribution >= 4 is 26.0 Å². The number of halogens is 1. The number of benzene rings is 1. The third kappa shape index (κ3) is 5.48. The molecule has 74 valence electrons. The molecule has 3 nitrogen and oxygen atoms in total. The van der Waals surface area contributed by atoms with Crippen molar-refractivity contribution in [1.82, 2.24) is 0 Å². The van der Waals surface area contributed by atoms with Gasteiger partial charge in [0.15, 0.2) is 0 Å². The molecule has 1 N–H and O–H groups in total. The van der Waals surface area contributed by atoms with Gasteiger partial charge in [0.05, 0.1) is 5.75 Å². The summed E-state index contributed by atoms with van der Waals surface area (Å²) in [5.74, 6) is -0.240. The Hall–Kier alpha value is 0.610. The van der Waals surface area contributed by atoms with Crippen LogP contribution in [0, 0.1) is 0 Å². The van der Waals surface area contributed by atoms with Crippen LogP contribution >= 0.6 is 15.9 Å². The molecule has 0 atom stereocenters. The van der Waals surface area contributed by atoms with E-state index in [1.54, 1.807) is 0 Å². The normalized spacial score (nSPS) is 10.7. The first-order valence-corrected chi connectivity index (χ1v) is 6.08. The summed E-state index contributed by atoms with van der Waals surface area (Å²) in [5.41, 5.74) is 0.875. The van der Waals surface area contributed by atoms with Gasteiger partial charge in [-0.1, -0.05) is 34.1 Å². The molecule has 0 aliphatic carbocycles. The van der Waals surface area contributed by atoms with Crippen molar-refractivity contribution in [3.63, 3.8) is 0 Å². The van der Waals surface area contributed by atoms with Crippen molar-refractivity contribution in [3.05, 3.63) is 34.3 Å². The summed E-state index contributed by atoms with van der Waals surface area (Å²) in [4.78, 5) is 0. The van der Waals surface area contributed by atoms with E-state index in [4.69, 9.17) is 4.55 Å². The first kappa shape index (κ1) is 14.6. The molecule has 1 aromatic rings. The Morgan fingerprint density at radius 1 is 1.36 bits per heavy atom. The molecular formula is C8H10BrNaO3S. The van der Waals surface area contributed by atoms with Gasteiger partial charge in [-0.15, -0.1) is 0 Å². The van der Waals surface area contributed by atoms with Gasteiger partial charge < -0.3 is 1.43 Å². The molecule has 0 saturated carbocycles. The molecule has 0 aliphatic heterocycles. The molecule has 14 heavy (non-hydrogen) atoms. The predicted octanol–water partition coefficient (Wildman–Crippen LogP) is -1.00. The molecule has 0 spiro atoms. The summed E-state index contributed by atoms with van der Waals surface area (Å²) in [6.45, 7) is 0. The molecule has 0 saturated heterocycles. The zero-order valence-corrected chi connectivity index (χ0v) is 12.2. The third-order valence-electron chi connectivity index (χ3n) is 1.59. The van der Waals surface area contributed by atoms with Crippen LogP contribution in [0.4, 0.5) is 0 Å². The molecule has 0 amide bonds. The fraction of sp³-hybridized carbons (Fsp3) is 0.250. The van der Waals surface area contributed by atoms with E-state index in [1.807, 2.05) is 24.3 Å². The Labute approximate surface area is 116 Å². The average molecular weight is 289 g/mol. The van der Waals surface area contributed by atoms with E-state index in [1.165, 1.54) is 0 Å². The van der Waals surface area contributed by atoms with Crippen LogP contribution in [0.2, 0.25) is 0 Å². The molecule has 6 heteroatoms. The van der Waals surface area contributed by atoms with Gasteiger partial charge in [0, 0.05) is 4.47 Å². The van der Waals surface area contributed by atoms with Crippen LogP contribution in [0.15, 0.2) is 28.7 Å². The number of rotatable bonds is 3. The maximum absolute atomic E-state index is 10.5. The zero-order chi connectivity index (χ0) is 9.90. The van der Waals surface area contributed by atoms with Crippen LogP contribution in [0.5, 0.6) is 0 Å². The van der Waals surface area contributed by atoms with Crippen molar-refractivity contribution in [2.45, 2.75) is 6.42 Å². The maximum Gasteiger partial charge on any atom is 1.00 e. The second-order valence-corrected chi connectivity index (χ2v) is 5.05. The van der Waals surface area contributed by atoms with Crippen molar-refractivity contribution in [2.75, 3.05) is 5.75 Å². The molecule has 0 aliphatic rings. The second kappa shape index (κ2) is 6.25. The predicted molar refractivity (Wildman–Crippen MR) is 55.4 cm³/mol. The molecule has 1 aromatic carbocycles. The summed E-state index contributed by atoms with van der Waals surface area (Å²) in [5, 5.41) is 0. The van der Waals surface area contributed by atoms with Crippen LogP contribution in [0.25, 0.3) is 0 Å². The van der Waals surface area contributed by atoms with E-state index in [-0.39, 0.29) is 36.7 Å². The maximum atomic E-state index is 10.5.